The molecule has 12 nitrogen and oxygen atoms in total. The number of anilines is 2. The molecule has 0 spiro atoms. The molecule has 7 rings (SSSR count). The lowest BCUT2D eigenvalue weighted by atomic mass is 9.94. The van der Waals surface area contributed by atoms with Crippen molar-refractivity contribution < 1.29 is 24.0 Å². The minimum absolute atomic E-state index is 0.108. The highest BCUT2D eigenvalue weighted by molar-refractivity contribution is 7.22. The third-order valence-electron chi connectivity index (χ3n) is 7.94. The molecule has 0 saturated carbocycles. The molecule has 47 heavy (non-hydrogen) atoms. The zero-order valence-corrected chi connectivity index (χ0v) is 25.3. The maximum atomic E-state index is 13.8. The van der Waals surface area contributed by atoms with Gasteiger partial charge in [0.25, 0.3) is 5.91 Å². The maximum Gasteiger partial charge on any atom is 0.355 e. The van der Waals surface area contributed by atoms with Gasteiger partial charge in [0, 0.05) is 42.0 Å². The molecule has 234 valence electrons. The zero-order valence-electron chi connectivity index (χ0n) is 24.5. The number of aromatic nitrogens is 4. The molecule has 0 aliphatic carbocycles. The van der Waals surface area contributed by atoms with Crippen molar-refractivity contribution in [3.05, 3.63) is 129 Å². The molecule has 0 fully saturated rings. The summed E-state index contributed by atoms with van der Waals surface area (Å²) < 4.78 is 16.2. The van der Waals surface area contributed by atoms with E-state index in [1.54, 1.807) is 24.4 Å². The topological polar surface area (TPSA) is 156 Å². The van der Waals surface area contributed by atoms with E-state index >= 15 is 0 Å². The van der Waals surface area contributed by atoms with Gasteiger partial charge in [-0.25, -0.2) is 14.8 Å². The third kappa shape index (κ3) is 5.89. The number of pyridine rings is 1. The Morgan fingerprint density at radius 1 is 1.06 bits per heavy atom. The average molecular weight is 650 g/mol. The smallest absolute Gasteiger partial charge is 0.355 e. The van der Waals surface area contributed by atoms with E-state index in [9.17, 15) is 29.2 Å². The summed E-state index contributed by atoms with van der Waals surface area (Å²) in [6, 6.07) is 20.3. The van der Waals surface area contributed by atoms with Gasteiger partial charge in [0.2, 0.25) is 5.82 Å². The van der Waals surface area contributed by atoms with Gasteiger partial charge in [-0.05, 0) is 59.5 Å². The van der Waals surface area contributed by atoms with E-state index in [0.29, 0.717) is 52.7 Å². The van der Waals surface area contributed by atoms with Crippen molar-refractivity contribution in [2.75, 3.05) is 16.8 Å². The van der Waals surface area contributed by atoms with E-state index in [4.69, 9.17) is 0 Å². The molecule has 0 saturated heterocycles. The Labute approximate surface area is 269 Å². The lowest BCUT2D eigenvalue weighted by Gasteiger charge is -2.31. The van der Waals surface area contributed by atoms with Crippen LogP contribution >= 0.6 is 11.3 Å². The molecule has 4 heterocycles. The first kappa shape index (κ1) is 29.7. The fourth-order valence-electron chi connectivity index (χ4n) is 5.67. The van der Waals surface area contributed by atoms with Crippen molar-refractivity contribution in [1.82, 2.24) is 19.7 Å². The maximum absolute atomic E-state index is 13.8. The number of nitrogens with zero attached hydrogens (tertiary/aromatic N) is 6. The number of amides is 1. The summed E-state index contributed by atoms with van der Waals surface area (Å²) in [7, 11) is 0. The number of aromatic carboxylic acids is 1. The van der Waals surface area contributed by atoms with E-state index < -0.39 is 22.4 Å². The van der Waals surface area contributed by atoms with E-state index in [0.717, 1.165) is 33.5 Å². The van der Waals surface area contributed by atoms with Gasteiger partial charge < -0.3 is 10.0 Å². The Morgan fingerprint density at radius 3 is 2.72 bits per heavy atom. The molecule has 0 bridgehead atoms. The van der Waals surface area contributed by atoms with E-state index in [2.05, 4.69) is 20.4 Å². The number of hydrogen-bond acceptors (Lipinski definition) is 9. The predicted molar refractivity (Wildman–Crippen MR) is 173 cm³/mol. The molecule has 1 amide bonds. The lowest BCUT2D eigenvalue weighted by molar-refractivity contribution is -0.387. The second-order valence-electron chi connectivity index (χ2n) is 10.9. The fraction of sp³-hybridized carbons (Fsp3) is 0.121. The second kappa shape index (κ2) is 12.1. The molecule has 1 aliphatic heterocycles. The molecule has 6 aromatic rings. The summed E-state index contributed by atoms with van der Waals surface area (Å²) in [5.74, 6) is -1.98. The third-order valence-corrected chi connectivity index (χ3v) is 8.89. The van der Waals surface area contributed by atoms with Crippen molar-refractivity contribution in [2.24, 2.45) is 0 Å². The summed E-state index contributed by atoms with van der Waals surface area (Å²) in [6.45, 7) is 1.03. The number of nitrogens with one attached hydrogen (secondary N) is 1. The quantitative estimate of drug-likeness (QED) is 0.146. The summed E-state index contributed by atoms with van der Waals surface area (Å²) in [4.78, 5) is 47.1. The number of carboxylic acid groups (broad SMARTS) is 1. The van der Waals surface area contributed by atoms with Crippen molar-refractivity contribution in [3.63, 3.8) is 0 Å². The van der Waals surface area contributed by atoms with Gasteiger partial charge in [0.05, 0.1) is 27.9 Å². The Kier molecular flexibility index (Phi) is 7.61. The number of carbonyl (C=O) groups excluding carboxylic acids is 1. The van der Waals surface area contributed by atoms with E-state index in [1.807, 2.05) is 41.3 Å². The fourth-order valence-corrected chi connectivity index (χ4v) is 6.53. The van der Waals surface area contributed by atoms with Crippen LogP contribution in [0.15, 0.2) is 85.2 Å². The number of para-hydroxylation sites is 1. The van der Waals surface area contributed by atoms with Crippen molar-refractivity contribution in [1.29, 1.82) is 0 Å². The lowest BCUT2D eigenvalue weighted by Crippen LogP contribution is -2.33. The standard InChI is InChI=1S/C33H24FN7O5S/c34-25-10-8-19(14-27(25)41(45)46)16-40-17-21(15-35-40)22-9-11-29(37-30(22)32(43)44)39-13-12-20-4-3-5-23(24(20)18-39)31(42)38-33-36-26-6-1-2-7-28(26)47-33/h1-11,14-15,17H,12-13,16,18H2,(H,43,44)(H,36,38,42). The Balaban J connectivity index is 1.12. The minimum atomic E-state index is -1.22. The van der Waals surface area contributed by atoms with Gasteiger partial charge >= 0.3 is 11.7 Å². The minimum Gasteiger partial charge on any atom is -0.476 e. The van der Waals surface area contributed by atoms with Crippen LogP contribution in [-0.4, -0.2) is 48.2 Å². The molecule has 14 heteroatoms. The van der Waals surface area contributed by atoms with Gasteiger partial charge in [0.15, 0.2) is 10.8 Å². The molecular formula is C33H24FN7O5S. The molecule has 1 aliphatic rings. The van der Waals surface area contributed by atoms with E-state index in [1.165, 1.54) is 28.3 Å². The Morgan fingerprint density at radius 2 is 1.91 bits per heavy atom. The van der Waals surface area contributed by atoms with Crippen LogP contribution in [0.3, 0.4) is 0 Å². The number of carboxylic acids is 1. The number of carbonyl (C=O) groups is 2. The normalized spacial score (nSPS) is 12.6. The highest BCUT2D eigenvalue weighted by Gasteiger charge is 2.25. The SMILES string of the molecule is O=C(Nc1nc2ccccc2s1)c1cccc2c1CN(c1ccc(-c3cnn(Cc4ccc(F)c([N+](=O)[O-])c4)c3)c(C(=O)O)n1)CC2. The first-order valence-electron chi connectivity index (χ1n) is 14.5. The zero-order chi connectivity index (χ0) is 32.7. The van der Waals surface area contributed by atoms with Crippen LogP contribution in [0.1, 0.15) is 37.5 Å². The van der Waals surface area contributed by atoms with Crippen LogP contribution in [0.5, 0.6) is 0 Å². The number of benzene rings is 3. The summed E-state index contributed by atoms with van der Waals surface area (Å²) in [6.07, 6.45) is 3.72. The Bertz CT molecular complexity index is 2180. The van der Waals surface area contributed by atoms with Crippen LogP contribution in [0, 0.1) is 15.9 Å². The molecule has 0 unspecified atom stereocenters. The number of rotatable bonds is 8. The molecule has 0 radical (unpaired) electrons. The van der Waals surface area contributed by atoms with Gasteiger partial charge in [-0.3, -0.25) is 24.9 Å². The number of nitro groups is 1. The highest BCUT2D eigenvalue weighted by atomic mass is 32.1. The number of fused-ring (bicyclic) bond motifs is 2. The highest BCUT2D eigenvalue weighted by Crippen LogP contribution is 2.31. The van der Waals surface area contributed by atoms with Crippen molar-refractivity contribution >= 4 is 50.1 Å². The van der Waals surface area contributed by atoms with Gasteiger partial charge in [-0.1, -0.05) is 41.7 Å². The van der Waals surface area contributed by atoms with Crippen LogP contribution in [0.4, 0.5) is 21.0 Å². The summed E-state index contributed by atoms with van der Waals surface area (Å²) in [5, 5.41) is 28.9. The number of hydrogen-bond donors (Lipinski definition) is 2. The van der Waals surface area contributed by atoms with Crippen LogP contribution in [0.25, 0.3) is 21.3 Å². The summed E-state index contributed by atoms with van der Waals surface area (Å²) >= 11 is 1.40. The molecular weight excluding hydrogens is 625 g/mol. The number of nitro benzene ring substituents is 1. The largest absolute Gasteiger partial charge is 0.476 e. The number of thiazole rings is 1. The molecule has 2 N–H and O–H groups in total. The van der Waals surface area contributed by atoms with Gasteiger partial charge in [0.1, 0.15) is 5.82 Å². The van der Waals surface area contributed by atoms with Gasteiger partial charge in [-0.15, -0.1) is 0 Å². The van der Waals surface area contributed by atoms with Crippen LogP contribution < -0.4 is 10.2 Å². The average Bonchev–Trinajstić information content (AvgIpc) is 3.71. The first-order chi connectivity index (χ1) is 22.7. The predicted octanol–water partition coefficient (Wildman–Crippen LogP) is 6.16. The molecule has 0 atom stereocenters. The van der Waals surface area contributed by atoms with E-state index in [-0.39, 0.29) is 18.1 Å². The van der Waals surface area contributed by atoms with Crippen LogP contribution in [-0.2, 0) is 19.5 Å². The van der Waals surface area contributed by atoms with Gasteiger partial charge in [-0.2, -0.15) is 9.49 Å². The van der Waals surface area contributed by atoms with Crippen molar-refractivity contribution in [3.8, 4) is 11.1 Å². The van der Waals surface area contributed by atoms with Crippen LogP contribution in [0.2, 0.25) is 0 Å². The van der Waals surface area contributed by atoms with Crippen molar-refractivity contribution in [2.45, 2.75) is 19.5 Å². The molecule has 3 aromatic heterocycles. The number of halogens is 1. The Hall–Kier alpha value is -6.02. The molecule has 3 aromatic carbocycles. The monoisotopic (exact) mass is 649 g/mol. The first-order valence-corrected chi connectivity index (χ1v) is 15.3. The summed E-state index contributed by atoms with van der Waals surface area (Å²) in [5.41, 5.74) is 3.66. The second-order valence-corrected chi connectivity index (χ2v) is 11.9.